The molecule has 0 atom stereocenters. The zero-order valence-corrected chi connectivity index (χ0v) is 18.6. The molecular formula is C22H28N6O4. The predicted molar refractivity (Wildman–Crippen MR) is 122 cm³/mol. The number of pyridine rings is 2. The second kappa shape index (κ2) is 11.2. The predicted octanol–water partition coefficient (Wildman–Crippen LogP) is 1.84. The molecule has 0 aromatic carbocycles. The summed E-state index contributed by atoms with van der Waals surface area (Å²) >= 11 is 0. The Morgan fingerprint density at radius 2 is 1.97 bits per heavy atom. The van der Waals surface area contributed by atoms with Crippen LogP contribution in [-0.2, 0) is 16.1 Å². The summed E-state index contributed by atoms with van der Waals surface area (Å²) < 4.78 is 12.3. The zero-order valence-electron chi connectivity index (χ0n) is 18.6. The molecule has 3 rings (SSSR count). The third-order valence-corrected chi connectivity index (χ3v) is 4.81. The summed E-state index contributed by atoms with van der Waals surface area (Å²) in [6.45, 7) is 3.68. The molecule has 2 N–H and O–H groups in total. The highest BCUT2D eigenvalue weighted by atomic mass is 16.5. The monoisotopic (exact) mass is 440 g/mol. The molecule has 0 aliphatic heterocycles. The number of rotatable bonds is 11. The Morgan fingerprint density at radius 3 is 2.66 bits per heavy atom. The maximum atomic E-state index is 13.1. The van der Waals surface area contributed by atoms with Crippen LogP contribution in [0.3, 0.4) is 0 Å². The van der Waals surface area contributed by atoms with E-state index in [2.05, 4.69) is 25.6 Å². The van der Waals surface area contributed by atoms with Crippen LogP contribution in [0.4, 0.5) is 5.82 Å². The number of hydrogen-bond donors (Lipinski definition) is 2. The summed E-state index contributed by atoms with van der Waals surface area (Å²) in [5, 5.41) is 5.51. The molecule has 170 valence electrons. The molecule has 0 bridgehead atoms. The van der Waals surface area contributed by atoms with Crippen molar-refractivity contribution in [2.24, 2.45) is 0 Å². The lowest BCUT2D eigenvalue weighted by Crippen LogP contribution is -2.29. The van der Waals surface area contributed by atoms with Gasteiger partial charge in [0, 0.05) is 62.8 Å². The van der Waals surface area contributed by atoms with E-state index in [0.717, 1.165) is 17.5 Å². The average Bonchev–Trinajstić information content (AvgIpc) is 2.83. The molecular weight excluding hydrogens is 412 g/mol. The van der Waals surface area contributed by atoms with Crippen molar-refractivity contribution in [1.82, 2.24) is 24.8 Å². The van der Waals surface area contributed by atoms with E-state index in [-0.39, 0.29) is 30.2 Å². The van der Waals surface area contributed by atoms with Gasteiger partial charge in [-0.25, -0.2) is 15.0 Å². The second-order valence-corrected chi connectivity index (χ2v) is 7.04. The number of carbonyl (C=O) groups is 1. The molecule has 3 aromatic heterocycles. The first-order valence-corrected chi connectivity index (χ1v) is 10.5. The largest absolute Gasteiger partial charge is 0.481 e. The number of nitrogens with zero attached hydrogens (tertiary/aromatic N) is 4. The van der Waals surface area contributed by atoms with Gasteiger partial charge in [-0.2, -0.15) is 0 Å². The second-order valence-electron chi connectivity index (χ2n) is 7.04. The summed E-state index contributed by atoms with van der Waals surface area (Å²) in [6, 6.07) is 5.51. The molecule has 32 heavy (non-hydrogen) atoms. The van der Waals surface area contributed by atoms with Gasteiger partial charge >= 0.3 is 0 Å². The molecule has 0 radical (unpaired) electrons. The van der Waals surface area contributed by atoms with E-state index in [4.69, 9.17) is 9.47 Å². The molecule has 0 aliphatic rings. The van der Waals surface area contributed by atoms with Crippen LogP contribution in [0.15, 0.2) is 35.4 Å². The normalized spacial score (nSPS) is 10.8. The minimum absolute atomic E-state index is 0.123. The third kappa shape index (κ3) is 5.58. The number of ether oxygens (including phenoxy) is 2. The van der Waals surface area contributed by atoms with Gasteiger partial charge in [-0.05, 0) is 18.6 Å². The van der Waals surface area contributed by atoms with E-state index in [1.807, 2.05) is 19.1 Å². The Bertz CT molecular complexity index is 1110. The lowest BCUT2D eigenvalue weighted by Gasteiger charge is -2.14. The number of anilines is 1. The van der Waals surface area contributed by atoms with E-state index >= 15 is 0 Å². The molecule has 3 heterocycles. The van der Waals surface area contributed by atoms with Crippen LogP contribution >= 0.6 is 0 Å². The number of amides is 1. The summed E-state index contributed by atoms with van der Waals surface area (Å²) in [5.74, 6) is 0.548. The number of nitrogens with one attached hydrogen (secondary N) is 2. The number of carbonyl (C=O) groups excluding carboxylic acids is 1. The van der Waals surface area contributed by atoms with Crippen LogP contribution in [-0.4, -0.2) is 59.3 Å². The third-order valence-electron chi connectivity index (χ3n) is 4.81. The lowest BCUT2D eigenvalue weighted by molar-refractivity contribution is -0.120. The molecule has 0 saturated heterocycles. The fourth-order valence-corrected chi connectivity index (χ4v) is 3.11. The summed E-state index contributed by atoms with van der Waals surface area (Å²) in [4.78, 5) is 37.7. The maximum Gasteiger partial charge on any atom is 0.293 e. The van der Waals surface area contributed by atoms with Gasteiger partial charge in [0.05, 0.1) is 19.2 Å². The van der Waals surface area contributed by atoms with Gasteiger partial charge < -0.3 is 20.1 Å². The van der Waals surface area contributed by atoms with Gasteiger partial charge in [0.15, 0.2) is 11.5 Å². The SMILES string of the molecule is CCCOCCn1c(=O)c(NCCC(=O)NC)nc2ncc(-c3ccc(OC)nc3)cc21. The van der Waals surface area contributed by atoms with Crippen molar-refractivity contribution >= 4 is 22.9 Å². The summed E-state index contributed by atoms with van der Waals surface area (Å²) in [6.07, 6.45) is 4.51. The van der Waals surface area contributed by atoms with Gasteiger partial charge in [-0.1, -0.05) is 6.92 Å². The lowest BCUT2D eigenvalue weighted by atomic mass is 10.1. The quantitative estimate of drug-likeness (QED) is 0.433. The number of aromatic nitrogens is 4. The number of fused-ring (bicyclic) bond motifs is 1. The van der Waals surface area contributed by atoms with Gasteiger partial charge in [0.1, 0.15) is 0 Å². The van der Waals surface area contributed by atoms with E-state index in [9.17, 15) is 9.59 Å². The fraction of sp³-hybridized carbons (Fsp3) is 0.409. The van der Waals surface area contributed by atoms with E-state index in [1.165, 1.54) is 0 Å². The molecule has 1 amide bonds. The summed E-state index contributed by atoms with van der Waals surface area (Å²) in [7, 11) is 3.13. The Balaban J connectivity index is 1.97. The smallest absolute Gasteiger partial charge is 0.293 e. The van der Waals surface area contributed by atoms with E-state index < -0.39 is 0 Å². The van der Waals surface area contributed by atoms with Gasteiger partial charge in [0.2, 0.25) is 11.8 Å². The van der Waals surface area contributed by atoms with Crippen LogP contribution in [0.1, 0.15) is 19.8 Å². The molecule has 0 unspecified atom stereocenters. The van der Waals surface area contributed by atoms with Crippen LogP contribution < -0.4 is 20.9 Å². The van der Waals surface area contributed by atoms with E-state index in [1.54, 1.807) is 37.2 Å². The van der Waals surface area contributed by atoms with Crippen molar-refractivity contribution in [2.45, 2.75) is 26.3 Å². The highest BCUT2D eigenvalue weighted by Gasteiger charge is 2.14. The summed E-state index contributed by atoms with van der Waals surface area (Å²) in [5.41, 5.74) is 2.38. The van der Waals surface area contributed by atoms with Gasteiger partial charge in [-0.15, -0.1) is 0 Å². The molecule has 10 heteroatoms. The Hall–Kier alpha value is -3.53. The molecule has 0 spiro atoms. The van der Waals surface area contributed by atoms with Crippen LogP contribution in [0, 0.1) is 0 Å². The fourth-order valence-electron chi connectivity index (χ4n) is 3.11. The van der Waals surface area contributed by atoms with Crippen molar-refractivity contribution < 1.29 is 14.3 Å². The molecule has 0 aliphatic carbocycles. The minimum atomic E-state index is -0.290. The molecule has 3 aromatic rings. The van der Waals surface area contributed by atoms with Crippen LogP contribution in [0.2, 0.25) is 0 Å². The van der Waals surface area contributed by atoms with E-state index in [0.29, 0.717) is 36.8 Å². The minimum Gasteiger partial charge on any atom is -0.481 e. The number of methoxy groups -OCH3 is 1. The first-order chi connectivity index (χ1) is 15.6. The van der Waals surface area contributed by atoms with Crippen LogP contribution in [0.25, 0.3) is 22.3 Å². The van der Waals surface area contributed by atoms with Crippen molar-refractivity contribution in [3.63, 3.8) is 0 Å². The highest BCUT2D eigenvalue weighted by Crippen LogP contribution is 2.23. The van der Waals surface area contributed by atoms with Gasteiger partial charge in [0.25, 0.3) is 5.56 Å². The topological polar surface area (TPSA) is 120 Å². The first kappa shape index (κ1) is 23.1. The van der Waals surface area contributed by atoms with Crippen molar-refractivity contribution in [3.05, 3.63) is 40.9 Å². The molecule has 10 nitrogen and oxygen atoms in total. The molecule has 0 fully saturated rings. The standard InChI is InChI=1S/C22H28N6O4/c1-4-10-32-11-9-28-17-12-16(15-5-6-19(31-3)25-13-15)14-26-20(17)27-21(22(28)30)24-8-7-18(29)23-2/h5-6,12-14H,4,7-11H2,1-3H3,(H,23,29)(H,24,26,27). The van der Waals surface area contributed by atoms with Crippen molar-refractivity contribution in [2.75, 3.05) is 39.2 Å². The average molecular weight is 441 g/mol. The van der Waals surface area contributed by atoms with Gasteiger partial charge in [-0.3, -0.25) is 14.2 Å². The first-order valence-electron chi connectivity index (χ1n) is 10.5. The zero-order chi connectivity index (χ0) is 22.9. The Kier molecular flexibility index (Phi) is 8.09. The van der Waals surface area contributed by atoms with Crippen molar-refractivity contribution in [1.29, 1.82) is 0 Å². The van der Waals surface area contributed by atoms with Crippen LogP contribution in [0.5, 0.6) is 5.88 Å². The Labute approximate surface area is 186 Å². The maximum absolute atomic E-state index is 13.1. The highest BCUT2D eigenvalue weighted by molar-refractivity contribution is 5.79. The number of hydrogen-bond acceptors (Lipinski definition) is 8. The molecule has 0 saturated carbocycles. The Morgan fingerprint density at radius 1 is 1.16 bits per heavy atom. The van der Waals surface area contributed by atoms with Crippen molar-refractivity contribution in [3.8, 4) is 17.0 Å².